The molecule has 0 aliphatic rings. The zero-order valence-corrected chi connectivity index (χ0v) is 16.2. The summed E-state index contributed by atoms with van der Waals surface area (Å²) >= 11 is 0. The minimum atomic E-state index is -0.268. The second-order valence-corrected chi connectivity index (χ2v) is 6.81. The number of ether oxygens (including phenoxy) is 1. The van der Waals surface area contributed by atoms with Crippen LogP contribution in [0.1, 0.15) is 21.5 Å². The highest BCUT2D eigenvalue weighted by Gasteiger charge is 2.17. The van der Waals surface area contributed by atoms with E-state index in [0.717, 1.165) is 33.7 Å². The molecule has 4 aromatic rings. The Bertz CT molecular complexity index is 1190. The Kier molecular flexibility index (Phi) is 4.35. The van der Waals surface area contributed by atoms with E-state index < -0.39 is 0 Å². The lowest BCUT2D eigenvalue weighted by molar-refractivity contribution is 0.102. The maximum absolute atomic E-state index is 12.7. The van der Waals surface area contributed by atoms with Crippen LogP contribution < -0.4 is 10.1 Å². The maximum Gasteiger partial charge on any atom is 0.262 e. The van der Waals surface area contributed by atoms with Crippen molar-refractivity contribution in [2.75, 3.05) is 12.4 Å². The minimum Gasteiger partial charge on any atom is -0.479 e. The number of pyridine rings is 1. The van der Waals surface area contributed by atoms with Gasteiger partial charge >= 0.3 is 0 Å². The summed E-state index contributed by atoms with van der Waals surface area (Å²) in [6.07, 6.45) is 5.61. The molecule has 3 aromatic heterocycles. The van der Waals surface area contributed by atoms with Gasteiger partial charge < -0.3 is 14.5 Å². The van der Waals surface area contributed by atoms with Gasteiger partial charge in [-0.1, -0.05) is 12.1 Å². The Morgan fingerprint density at radius 2 is 1.96 bits per heavy atom. The highest BCUT2D eigenvalue weighted by Crippen LogP contribution is 2.26. The number of carbonyl (C=O) groups is 1. The third kappa shape index (κ3) is 3.22. The van der Waals surface area contributed by atoms with Crippen LogP contribution in [-0.4, -0.2) is 32.2 Å². The van der Waals surface area contributed by atoms with E-state index in [9.17, 15) is 4.79 Å². The number of methoxy groups -OCH3 is 1. The fourth-order valence-corrected chi connectivity index (χ4v) is 3.10. The molecule has 1 N–H and O–H groups in total. The summed E-state index contributed by atoms with van der Waals surface area (Å²) < 4.78 is 8.72. The van der Waals surface area contributed by atoms with Gasteiger partial charge in [-0.05, 0) is 43.2 Å². The van der Waals surface area contributed by atoms with Crippen LogP contribution in [0.25, 0.3) is 16.9 Å². The minimum absolute atomic E-state index is 0.268. The van der Waals surface area contributed by atoms with Crippen LogP contribution in [-0.2, 0) is 7.05 Å². The normalized spacial score (nSPS) is 11.0. The van der Waals surface area contributed by atoms with Crippen LogP contribution in [0, 0.1) is 13.8 Å². The number of imidazole rings is 1. The zero-order valence-electron chi connectivity index (χ0n) is 16.2. The quantitative estimate of drug-likeness (QED) is 0.591. The van der Waals surface area contributed by atoms with E-state index in [4.69, 9.17) is 9.72 Å². The number of aromatic nitrogens is 4. The van der Waals surface area contributed by atoms with E-state index in [0.29, 0.717) is 11.4 Å². The van der Waals surface area contributed by atoms with Crippen LogP contribution >= 0.6 is 0 Å². The second kappa shape index (κ2) is 6.84. The summed E-state index contributed by atoms with van der Waals surface area (Å²) in [5.74, 6) is 0.0281. The molecule has 0 fully saturated rings. The van der Waals surface area contributed by atoms with E-state index >= 15 is 0 Å². The number of hydrogen-bond acceptors (Lipinski definition) is 4. The van der Waals surface area contributed by atoms with E-state index in [1.807, 2.05) is 61.0 Å². The second-order valence-electron chi connectivity index (χ2n) is 6.81. The summed E-state index contributed by atoms with van der Waals surface area (Å²) in [5.41, 5.74) is 5.90. The summed E-state index contributed by atoms with van der Waals surface area (Å²) in [6.45, 7) is 3.99. The van der Waals surface area contributed by atoms with E-state index in [-0.39, 0.29) is 5.91 Å². The van der Waals surface area contributed by atoms with Gasteiger partial charge in [0.1, 0.15) is 11.2 Å². The van der Waals surface area contributed by atoms with Crippen LogP contribution in [0.15, 0.2) is 48.9 Å². The summed E-state index contributed by atoms with van der Waals surface area (Å²) in [5, 5.41) is 7.09. The predicted molar refractivity (Wildman–Crippen MR) is 108 cm³/mol. The Morgan fingerprint density at radius 1 is 1.14 bits per heavy atom. The Labute approximate surface area is 162 Å². The van der Waals surface area contributed by atoms with Crippen molar-refractivity contribution >= 4 is 17.2 Å². The van der Waals surface area contributed by atoms with Gasteiger partial charge in [-0.25, -0.2) is 4.98 Å². The number of fused-ring (bicyclic) bond motifs is 1. The van der Waals surface area contributed by atoms with Crippen molar-refractivity contribution in [3.63, 3.8) is 0 Å². The zero-order chi connectivity index (χ0) is 19.8. The van der Waals surface area contributed by atoms with Gasteiger partial charge in [-0.3, -0.25) is 9.48 Å². The van der Waals surface area contributed by atoms with Crippen molar-refractivity contribution in [3.8, 4) is 17.1 Å². The average molecular weight is 375 g/mol. The van der Waals surface area contributed by atoms with Crippen LogP contribution in [0.5, 0.6) is 5.88 Å². The van der Waals surface area contributed by atoms with E-state index in [2.05, 4.69) is 10.4 Å². The largest absolute Gasteiger partial charge is 0.479 e. The van der Waals surface area contributed by atoms with Crippen molar-refractivity contribution < 1.29 is 9.53 Å². The summed E-state index contributed by atoms with van der Waals surface area (Å²) in [4.78, 5) is 17.4. The number of hydrogen-bond donors (Lipinski definition) is 1. The first-order valence-corrected chi connectivity index (χ1v) is 8.90. The molecular weight excluding hydrogens is 354 g/mol. The lowest BCUT2D eigenvalue weighted by Crippen LogP contribution is -2.13. The molecule has 0 aliphatic heterocycles. The smallest absolute Gasteiger partial charge is 0.262 e. The van der Waals surface area contributed by atoms with Gasteiger partial charge in [-0.2, -0.15) is 0 Å². The fraction of sp³-hybridized carbons (Fsp3) is 0.190. The van der Waals surface area contributed by atoms with E-state index in [1.165, 1.54) is 7.11 Å². The molecule has 0 radical (unpaired) electrons. The lowest BCUT2D eigenvalue weighted by atomic mass is 10.1. The first-order valence-electron chi connectivity index (χ1n) is 8.90. The van der Waals surface area contributed by atoms with Crippen LogP contribution in [0.2, 0.25) is 0 Å². The molecule has 0 bridgehead atoms. The molecule has 0 saturated heterocycles. The number of carbonyl (C=O) groups excluding carboxylic acids is 1. The molecule has 7 heteroatoms. The van der Waals surface area contributed by atoms with Crippen molar-refractivity contribution in [2.24, 2.45) is 7.05 Å². The number of anilines is 1. The Morgan fingerprint density at radius 3 is 2.75 bits per heavy atom. The molecule has 4 rings (SSSR count). The predicted octanol–water partition coefficient (Wildman–Crippen LogP) is 3.61. The van der Waals surface area contributed by atoms with Crippen molar-refractivity contribution in [1.82, 2.24) is 19.2 Å². The van der Waals surface area contributed by atoms with E-state index in [1.54, 1.807) is 17.9 Å². The first kappa shape index (κ1) is 17.8. The van der Waals surface area contributed by atoms with Crippen LogP contribution in [0.4, 0.5) is 5.69 Å². The molecule has 1 amide bonds. The topological polar surface area (TPSA) is 73.5 Å². The SMILES string of the molecule is COc1nn(C)cc1C(=O)Nc1cc(-c2cn3ccc(C)cc3n2)ccc1C. The van der Waals surface area contributed by atoms with Gasteiger partial charge in [0.05, 0.1) is 12.8 Å². The lowest BCUT2D eigenvalue weighted by Gasteiger charge is -2.09. The molecule has 0 unspecified atom stereocenters. The number of rotatable bonds is 4. The number of amides is 1. The van der Waals surface area contributed by atoms with Gasteiger partial charge in [0.25, 0.3) is 5.91 Å². The van der Waals surface area contributed by atoms with Gasteiger partial charge in [-0.15, -0.1) is 5.10 Å². The fourth-order valence-electron chi connectivity index (χ4n) is 3.10. The van der Waals surface area contributed by atoms with Gasteiger partial charge in [0.15, 0.2) is 0 Å². The standard InChI is InChI=1S/C21H21N5O2/c1-13-7-8-26-12-18(22-19(26)9-13)15-6-5-14(2)17(10-15)23-20(27)16-11-25(3)24-21(16)28-4/h5-12H,1-4H3,(H,23,27). The highest BCUT2D eigenvalue weighted by atomic mass is 16.5. The van der Waals surface area contributed by atoms with Crippen molar-refractivity contribution in [3.05, 3.63) is 65.6 Å². The molecule has 1 aromatic carbocycles. The average Bonchev–Trinajstić information content (AvgIpc) is 3.26. The van der Waals surface area contributed by atoms with Crippen LogP contribution in [0.3, 0.4) is 0 Å². The molecular formula is C21H21N5O2. The molecule has 0 spiro atoms. The summed E-state index contributed by atoms with van der Waals surface area (Å²) in [6, 6.07) is 9.99. The number of aryl methyl sites for hydroxylation is 3. The molecule has 3 heterocycles. The first-order chi connectivity index (χ1) is 13.4. The number of nitrogens with one attached hydrogen (secondary N) is 1. The van der Waals surface area contributed by atoms with Gasteiger partial charge in [0, 0.05) is 36.9 Å². The van der Waals surface area contributed by atoms with Crippen molar-refractivity contribution in [2.45, 2.75) is 13.8 Å². The summed E-state index contributed by atoms with van der Waals surface area (Å²) in [7, 11) is 3.24. The molecule has 0 aliphatic carbocycles. The van der Waals surface area contributed by atoms with Gasteiger partial charge in [0.2, 0.25) is 5.88 Å². The number of nitrogens with zero attached hydrogens (tertiary/aromatic N) is 4. The number of benzene rings is 1. The highest BCUT2D eigenvalue weighted by molar-refractivity contribution is 6.06. The molecule has 7 nitrogen and oxygen atoms in total. The third-order valence-electron chi connectivity index (χ3n) is 4.63. The Balaban J connectivity index is 1.67. The third-order valence-corrected chi connectivity index (χ3v) is 4.63. The Hall–Kier alpha value is -3.61. The molecule has 0 saturated carbocycles. The monoisotopic (exact) mass is 375 g/mol. The maximum atomic E-state index is 12.7. The molecule has 142 valence electrons. The molecule has 0 atom stereocenters. The van der Waals surface area contributed by atoms with Crippen molar-refractivity contribution in [1.29, 1.82) is 0 Å². The molecule has 28 heavy (non-hydrogen) atoms.